The van der Waals surface area contributed by atoms with E-state index in [0.717, 1.165) is 35.4 Å². The molecule has 5 radical (unpaired) electrons. The zero-order chi connectivity index (χ0) is 16.4. The van der Waals surface area contributed by atoms with Gasteiger partial charge in [-0.05, 0) is 33.4 Å². The molecule has 0 unspecified atom stereocenters. The van der Waals surface area contributed by atoms with E-state index in [9.17, 15) is 0 Å². The van der Waals surface area contributed by atoms with Crippen LogP contribution in [0.3, 0.4) is 0 Å². The Hall–Kier alpha value is -1.61. The molecule has 0 N–H and O–H groups in total. The van der Waals surface area contributed by atoms with E-state index in [1.54, 1.807) is 0 Å². The molecule has 2 aromatic rings. The molecule has 3 rings (SSSR count). The van der Waals surface area contributed by atoms with Crippen LogP contribution in [0, 0.1) is 31.1 Å². The second-order valence-corrected chi connectivity index (χ2v) is 6.45. The van der Waals surface area contributed by atoms with Crippen molar-refractivity contribution in [2.45, 2.75) is 19.8 Å². The number of oxazole rings is 1. The Labute approximate surface area is 139 Å². The van der Waals surface area contributed by atoms with E-state index in [2.05, 4.69) is 64.2 Å². The standard InChI is InChI=1S/C20H23N2O/c1-14(2)20-21-18(15-9-6-5-7-10-15)19(23-20)17-12-8-11-16(17)13-22(3)4/h5-12,14H,13H2,1-4H3. The first-order valence-electron chi connectivity index (χ1n) is 8.02. The molecule has 0 aliphatic heterocycles. The van der Waals surface area contributed by atoms with Crippen molar-refractivity contribution in [3.63, 3.8) is 0 Å². The molecule has 1 aromatic heterocycles. The molecule has 1 aliphatic carbocycles. The fraction of sp³-hybridized carbons (Fsp3) is 0.300. The molecule has 3 nitrogen and oxygen atoms in total. The van der Waals surface area contributed by atoms with E-state index in [1.165, 1.54) is 5.92 Å². The second kappa shape index (κ2) is 6.88. The van der Waals surface area contributed by atoms with Gasteiger partial charge in [0.25, 0.3) is 0 Å². The Morgan fingerprint density at radius 2 is 1.83 bits per heavy atom. The fourth-order valence-electron chi connectivity index (χ4n) is 2.72. The minimum absolute atomic E-state index is 0.262. The Bertz CT molecular complexity index is 630. The number of aromatic nitrogens is 1. The van der Waals surface area contributed by atoms with Gasteiger partial charge in [-0.1, -0.05) is 44.2 Å². The summed E-state index contributed by atoms with van der Waals surface area (Å²) in [6, 6.07) is 10.3. The van der Waals surface area contributed by atoms with Crippen LogP contribution >= 0.6 is 0 Å². The van der Waals surface area contributed by atoms with Gasteiger partial charge in [-0.3, -0.25) is 0 Å². The highest BCUT2D eigenvalue weighted by molar-refractivity contribution is 5.68. The minimum atomic E-state index is 0.262. The first kappa shape index (κ1) is 16.3. The average molecular weight is 307 g/mol. The number of benzene rings is 1. The molecule has 1 fully saturated rings. The minimum Gasteiger partial charge on any atom is -0.444 e. The predicted molar refractivity (Wildman–Crippen MR) is 93.1 cm³/mol. The molecule has 23 heavy (non-hydrogen) atoms. The van der Waals surface area contributed by atoms with Gasteiger partial charge in [-0.25, -0.2) is 4.98 Å². The van der Waals surface area contributed by atoms with Crippen LogP contribution < -0.4 is 0 Å². The van der Waals surface area contributed by atoms with Gasteiger partial charge in [-0.15, -0.1) is 0 Å². The molecule has 1 heterocycles. The third-order valence-electron chi connectivity index (χ3n) is 3.82. The van der Waals surface area contributed by atoms with Crippen LogP contribution in [-0.4, -0.2) is 30.5 Å². The zero-order valence-electron chi connectivity index (χ0n) is 14.2. The maximum Gasteiger partial charge on any atom is 0.197 e. The van der Waals surface area contributed by atoms with Crippen molar-refractivity contribution < 1.29 is 4.42 Å². The Morgan fingerprint density at radius 3 is 2.48 bits per heavy atom. The molecule has 119 valence electrons. The summed E-state index contributed by atoms with van der Waals surface area (Å²) in [6.45, 7) is 5.10. The van der Waals surface area contributed by atoms with Gasteiger partial charge in [0.2, 0.25) is 0 Å². The Morgan fingerprint density at radius 1 is 1.09 bits per heavy atom. The van der Waals surface area contributed by atoms with Gasteiger partial charge in [0.15, 0.2) is 5.89 Å². The zero-order valence-corrected chi connectivity index (χ0v) is 14.2. The van der Waals surface area contributed by atoms with Gasteiger partial charge in [0, 0.05) is 23.9 Å². The topological polar surface area (TPSA) is 29.3 Å². The normalized spacial score (nSPS) is 16.8. The van der Waals surface area contributed by atoms with Crippen molar-refractivity contribution >= 4 is 0 Å². The largest absolute Gasteiger partial charge is 0.444 e. The summed E-state index contributed by atoms with van der Waals surface area (Å²) in [6.07, 6.45) is 6.36. The molecule has 1 aliphatic rings. The highest BCUT2D eigenvalue weighted by Crippen LogP contribution is 2.43. The van der Waals surface area contributed by atoms with Crippen LogP contribution in [0.4, 0.5) is 0 Å². The van der Waals surface area contributed by atoms with E-state index in [0.29, 0.717) is 0 Å². The van der Waals surface area contributed by atoms with E-state index in [-0.39, 0.29) is 5.92 Å². The molecule has 0 bridgehead atoms. The van der Waals surface area contributed by atoms with Crippen LogP contribution in [0.5, 0.6) is 0 Å². The van der Waals surface area contributed by atoms with Gasteiger partial charge >= 0.3 is 0 Å². The maximum atomic E-state index is 6.17. The maximum absolute atomic E-state index is 6.17. The van der Waals surface area contributed by atoms with Gasteiger partial charge in [0.1, 0.15) is 11.5 Å². The smallest absolute Gasteiger partial charge is 0.197 e. The third kappa shape index (κ3) is 3.50. The Balaban J connectivity index is 2.00. The van der Waals surface area contributed by atoms with Crippen molar-refractivity contribution in [3.8, 4) is 11.3 Å². The van der Waals surface area contributed by atoms with E-state index in [4.69, 9.17) is 9.40 Å². The summed E-state index contributed by atoms with van der Waals surface area (Å²) < 4.78 is 6.17. The van der Waals surface area contributed by atoms with Crippen molar-refractivity contribution in [2.75, 3.05) is 20.6 Å². The molecule has 0 amide bonds. The number of rotatable bonds is 5. The van der Waals surface area contributed by atoms with E-state index < -0.39 is 0 Å². The average Bonchev–Trinajstić information content (AvgIpc) is 3.13. The van der Waals surface area contributed by atoms with Crippen molar-refractivity contribution in [3.05, 3.63) is 73.1 Å². The molecule has 3 heteroatoms. The summed E-state index contributed by atoms with van der Waals surface area (Å²) in [5.74, 6) is 4.33. The summed E-state index contributed by atoms with van der Waals surface area (Å²) in [4.78, 5) is 6.94. The second-order valence-electron chi connectivity index (χ2n) is 6.45. The van der Waals surface area contributed by atoms with Crippen LogP contribution in [0.2, 0.25) is 0 Å². The number of hydrogen-bond donors (Lipinski definition) is 0. The monoisotopic (exact) mass is 307 g/mol. The van der Waals surface area contributed by atoms with Crippen LogP contribution in [0.1, 0.15) is 31.4 Å². The van der Waals surface area contributed by atoms with Gasteiger partial charge in [0.05, 0.1) is 5.92 Å². The van der Waals surface area contributed by atoms with Crippen LogP contribution in [0.15, 0.2) is 34.7 Å². The number of hydrogen-bond acceptors (Lipinski definition) is 3. The molecular formula is C20H23N2O. The van der Waals surface area contributed by atoms with E-state index in [1.807, 2.05) is 18.2 Å². The van der Waals surface area contributed by atoms with Gasteiger partial charge < -0.3 is 9.32 Å². The summed E-state index contributed by atoms with van der Waals surface area (Å²) in [5, 5.41) is 0. The highest BCUT2D eigenvalue weighted by Gasteiger charge is 2.36. The molecule has 1 saturated carbocycles. The van der Waals surface area contributed by atoms with Crippen LogP contribution in [-0.2, 0) is 0 Å². The first-order chi connectivity index (χ1) is 11.1. The molecule has 0 spiro atoms. The first-order valence-corrected chi connectivity index (χ1v) is 8.02. The third-order valence-corrected chi connectivity index (χ3v) is 3.82. The van der Waals surface area contributed by atoms with Crippen molar-refractivity contribution in [1.29, 1.82) is 0 Å². The fourth-order valence-corrected chi connectivity index (χ4v) is 2.72. The summed E-state index contributed by atoms with van der Waals surface area (Å²) in [7, 11) is 4.16. The highest BCUT2D eigenvalue weighted by atomic mass is 16.4. The Kier molecular flexibility index (Phi) is 4.86. The van der Waals surface area contributed by atoms with E-state index >= 15 is 0 Å². The van der Waals surface area contributed by atoms with Crippen LogP contribution in [0.25, 0.3) is 11.3 Å². The lowest BCUT2D eigenvalue weighted by atomic mass is 9.91. The lowest BCUT2D eigenvalue weighted by Gasteiger charge is -2.20. The predicted octanol–water partition coefficient (Wildman–Crippen LogP) is 4.15. The number of nitrogens with zero attached hydrogens (tertiary/aromatic N) is 2. The van der Waals surface area contributed by atoms with Crippen molar-refractivity contribution in [2.24, 2.45) is 0 Å². The lowest BCUT2D eigenvalue weighted by molar-refractivity contribution is 0.417. The molecule has 0 saturated heterocycles. The lowest BCUT2D eigenvalue weighted by Crippen LogP contribution is -2.22. The molecule has 1 aromatic carbocycles. The summed E-state index contributed by atoms with van der Waals surface area (Å²) in [5.41, 5.74) is 2.02. The molecule has 0 atom stereocenters. The summed E-state index contributed by atoms with van der Waals surface area (Å²) >= 11 is 0. The quantitative estimate of drug-likeness (QED) is 0.831. The van der Waals surface area contributed by atoms with Crippen molar-refractivity contribution in [1.82, 2.24) is 9.88 Å². The van der Waals surface area contributed by atoms with Gasteiger partial charge in [-0.2, -0.15) is 0 Å². The molecular weight excluding hydrogens is 284 g/mol. The SMILES string of the molecule is CC(C)c1nc(-c2ccccc2)c([C]2[CH][CH][CH][C]2CN(C)C)o1.